The van der Waals surface area contributed by atoms with E-state index in [4.69, 9.17) is 14.4 Å². The molecule has 0 atom stereocenters. The van der Waals surface area contributed by atoms with E-state index in [1.54, 1.807) is 0 Å². The highest BCUT2D eigenvalue weighted by molar-refractivity contribution is 5.05. The van der Waals surface area contributed by atoms with Gasteiger partial charge in [0.2, 0.25) is 5.82 Å². The Labute approximate surface area is 108 Å². The fraction of sp³-hybridized carbons (Fsp3) is 0.846. The summed E-state index contributed by atoms with van der Waals surface area (Å²) in [5.74, 6) is 0.845. The van der Waals surface area contributed by atoms with Crippen molar-refractivity contribution in [1.29, 1.82) is 0 Å². The molecule has 1 N–H and O–H groups in total. The molecule has 102 valence electrons. The van der Waals surface area contributed by atoms with Crippen LogP contribution < -0.4 is 0 Å². The molecule has 1 aliphatic rings. The van der Waals surface area contributed by atoms with Crippen LogP contribution in [0.5, 0.6) is 0 Å². The molecule has 0 spiro atoms. The number of hydrogen-bond acceptors (Lipinski definition) is 5. The molecule has 1 aliphatic carbocycles. The summed E-state index contributed by atoms with van der Waals surface area (Å²) in [5.41, 5.74) is -0.0780. The van der Waals surface area contributed by atoms with Crippen LogP contribution in [0.4, 0.5) is 0 Å². The van der Waals surface area contributed by atoms with Gasteiger partial charge in [0.15, 0.2) is 0 Å². The normalized spacial score (nSPS) is 22.0. The predicted molar refractivity (Wildman–Crippen MR) is 65.8 cm³/mol. The quantitative estimate of drug-likeness (QED) is 0.893. The van der Waals surface area contributed by atoms with Crippen molar-refractivity contribution in [2.75, 3.05) is 6.61 Å². The summed E-state index contributed by atoms with van der Waals surface area (Å²) in [5, 5.41) is 13.0. The highest BCUT2D eigenvalue weighted by atomic mass is 16.5. The first kappa shape index (κ1) is 13.5. The van der Waals surface area contributed by atoms with Crippen LogP contribution >= 0.6 is 0 Å². The molecule has 1 heterocycles. The fourth-order valence-electron chi connectivity index (χ4n) is 2.54. The minimum absolute atomic E-state index is 0.222. The maximum atomic E-state index is 9.01. The van der Waals surface area contributed by atoms with Gasteiger partial charge in [-0.15, -0.1) is 0 Å². The Bertz CT molecular complexity index is 391. The van der Waals surface area contributed by atoms with Crippen LogP contribution in [0.15, 0.2) is 4.52 Å². The minimum Gasteiger partial charge on any atom is -0.387 e. The van der Waals surface area contributed by atoms with Crippen LogP contribution in [0.2, 0.25) is 0 Å². The molecular formula is C13H22N2O3. The lowest BCUT2D eigenvalue weighted by molar-refractivity contribution is -0.0957. The molecule has 0 radical (unpaired) electrons. The highest BCUT2D eigenvalue weighted by Gasteiger charge is 2.43. The van der Waals surface area contributed by atoms with Gasteiger partial charge in [0, 0.05) is 6.61 Å². The summed E-state index contributed by atoms with van der Waals surface area (Å²) in [4.78, 5) is 4.24. The van der Waals surface area contributed by atoms with Gasteiger partial charge in [0.05, 0.1) is 0 Å². The lowest BCUT2D eigenvalue weighted by Crippen LogP contribution is -2.38. The van der Waals surface area contributed by atoms with E-state index in [1.165, 1.54) is 0 Å². The van der Waals surface area contributed by atoms with Crippen molar-refractivity contribution >= 4 is 0 Å². The third-order valence-electron chi connectivity index (χ3n) is 3.84. The van der Waals surface area contributed by atoms with E-state index in [0.717, 1.165) is 25.7 Å². The van der Waals surface area contributed by atoms with Gasteiger partial charge in [-0.25, -0.2) is 0 Å². The SMILES string of the molecule is CCOC1(c2noc(CO)n2)CCC(C)(C)CC1. The van der Waals surface area contributed by atoms with E-state index in [2.05, 4.69) is 24.0 Å². The fourth-order valence-corrected chi connectivity index (χ4v) is 2.54. The van der Waals surface area contributed by atoms with Crippen molar-refractivity contribution in [1.82, 2.24) is 10.1 Å². The molecule has 0 bridgehead atoms. The van der Waals surface area contributed by atoms with Crippen molar-refractivity contribution in [2.45, 2.75) is 58.7 Å². The van der Waals surface area contributed by atoms with Crippen LogP contribution in [0.1, 0.15) is 58.2 Å². The maximum absolute atomic E-state index is 9.01. The standard InChI is InChI=1S/C13H22N2O3/c1-4-17-13(7-5-12(2,3)6-8-13)11-14-10(9-16)18-15-11/h16H,4-9H2,1-3H3. The lowest BCUT2D eigenvalue weighted by Gasteiger charge is -2.41. The molecule has 1 saturated carbocycles. The summed E-state index contributed by atoms with van der Waals surface area (Å²) in [6.45, 7) is 6.94. The number of rotatable bonds is 4. The molecule has 5 heteroatoms. The van der Waals surface area contributed by atoms with Gasteiger partial charge in [-0.1, -0.05) is 19.0 Å². The van der Waals surface area contributed by atoms with Gasteiger partial charge in [0.1, 0.15) is 12.2 Å². The maximum Gasteiger partial charge on any atom is 0.252 e. The Balaban J connectivity index is 2.22. The summed E-state index contributed by atoms with van der Waals surface area (Å²) in [7, 11) is 0. The number of nitrogens with zero attached hydrogens (tertiary/aromatic N) is 2. The Kier molecular flexibility index (Phi) is 3.73. The number of ether oxygens (including phenoxy) is 1. The summed E-state index contributed by atoms with van der Waals surface area (Å²) < 4.78 is 10.9. The summed E-state index contributed by atoms with van der Waals surface area (Å²) in [6, 6.07) is 0. The third-order valence-corrected chi connectivity index (χ3v) is 3.84. The van der Waals surface area contributed by atoms with E-state index >= 15 is 0 Å². The zero-order valence-corrected chi connectivity index (χ0v) is 11.4. The number of aliphatic hydroxyl groups is 1. The highest BCUT2D eigenvalue weighted by Crippen LogP contribution is 2.46. The first-order valence-corrected chi connectivity index (χ1v) is 6.59. The van der Waals surface area contributed by atoms with Crippen LogP contribution in [-0.2, 0) is 16.9 Å². The van der Waals surface area contributed by atoms with Crippen LogP contribution in [0.3, 0.4) is 0 Å². The third kappa shape index (κ3) is 2.57. The summed E-state index contributed by atoms with van der Waals surface area (Å²) in [6.07, 6.45) is 3.96. The average molecular weight is 254 g/mol. The van der Waals surface area contributed by atoms with E-state index < -0.39 is 5.60 Å². The molecule has 5 nitrogen and oxygen atoms in total. The second kappa shape index (κ2) is 4.97. The molecule has 1 aromatic rings. The van der Waals surface area contributed by atoms with Crippen molar-refractivity contribution in [3.63, 3.8) is 0 Å². The second-order valence-electron chi connectivity index (χ2n) is 5.76. The Morgan fingerprint density at radius 2 is 1.94 bits per heavy atom. The van der Waals surface area contributed by atoms with Crippen LogP contribution in [0, 0.1) is 5.41 Å². The van der Waals surface area contributed by atoms with E-state index in [-0.39, 0.29) is 12.5 Å². The lowest BCUT2D eigenvalue weighted by atomic mass is 9.70. The number of aliphatic hydroxyl groups excluding tert-OH is 1. The van der Waals surface area contributed by atoms with E-state index in [9.17, 15) is 0 Å². The minimum atomic E-state index is -0.429. The molecule has 0 aliphatic heterocycles. The van der Waals surface area contributed by atoms with Gasteiger partial charge in [-0.2, -0.15) is 4.98 Å². The molecule has 0 aromatic carbocycles. The Hall–Kier alpha value is -0.940. The monoisotopic (exact) mass is 254 g/mol. The zero-order valence-electron chi connectivity index (χ0n) is 11.4. The van der Waals surface area contributed by atoms with Crippen molar-refractivity contribution in [3.8, 4) is 0 Å². The largest absolute Gasteiger partial charge is 0.387 e. The molecule has 0 unspecified atom stereocenters. The predicted octanol–water partition coefficient (Wildman–Crippen LogP) is 2.39. The zero-order chi connectivity index (χ0) is 13.2. The van der Waals surface area contributed by atoms with Crippen molar-refractivity contribution in [2.24, 2.45) is 5.41 Å². The van der Waals surface area contributed by atoms with Gasteiger partial charge in [-0.05, 0) is 38.0 Å². The molecular weight excluding hydrogens is 232 g/mol. The van der Waals surface area contributed by atoms with Crippen molar-refractivity contribution < 1.29 is 14.4 Å². The molecule has 1 aromatic heterocycles. The topological polar surface area (TPSA) is 68.4 Å². The summed E-state index contributed by atoms with van der Waals surface area (Å²) >= 11 is 0. The Morgan fingerprint density at radius 1 is 1.28 bits per heavy atom. The molecule has 1 fully saturated rings. The molecule has 0 amide bonds. The molecule has 0 saturated heterocycles. The smallest absolute Gasteiger partial charge is 0.252 e. The van der Waals surface area contributed by atoms with E-state index in [1.807, 2.05) is 6.92 Å². The number of hydrogen-bond donors (Lipinski definition) is 1. The van der Waals surface area contributed by atoms with Gasteiger partial charge in [-0.3, -0.25) is 0 Å². The average Bonchev–Trinajstić information content (AvgIpc) is 2.82. The van der Waals surface area contributed by atoms with Crippen molar-refractivity contribution in [3.05, 3.63) is 11.7 Å². The van der Waals surface area contributed by atoms with Gasteiger partial charge in [0.25, 0.3) is 5.89 Å². The van der Waals surface area contributed by atoms with Crippen LogP contribution in [0.25, 0.3) is 0 Å². The van der Waals surface area contributed by atoms with Crippen LogP contribution in [-0.4, -0.2) is 21.9 Å². The number of aromatic nitrogens is 2. The second-order valence-corrected chi connectivity index (χ2v) is 5.76. The van der Waals surface area contributed by atoms with Gasteiger partial charge >= 0.3 is 0 Å². The van der Waals surface area contributed by atoms with E-state index in [0.29, 0.717) is 17.8 Å². The Morgan fingerprint density at radius 3 is 2.44 bits per heavy atom. The molecule has 18 heavy (non-hydrogen) atoms. The molecule has 2 rings (SSSR count). The van der Waals surface area contributed by atoms with Gasteiger partial charge < -0.3 is 14.4 Å². The first-order chi connectivity index (χ1) is 8.51. The first-order valence-electron chi connectivity index (χ1n) is 6.59.